The molecule has 2 heterocycles. The number of nitrogens with one attached hydrogen (secondary N) is 1. The van der Waals surface area contributed by atoms with Gasteiger partial charge in [-0.1, -0.05) is 0 Å². The Morgan fingerprint density at radius 3 is 3.00 bits per heavy atom. The lowest BCUT2D eigenvalue weighted by atomic mass is 9.95. The van der Waals surface area contributed by atoms with Gasteiger partial charge in [0.1, 0.15) is 6.33 Å². The number of aliphatic hydroxyl groups is 1. The number of aromatic nitrogens is 2. The minimum Gasteiger partial charge on any atom is -0.388 e. The van der Waals surface area contributed by atoms with Gasteiger partial charge in [-0.25, -0.2) is 4.98 Å². The maximum Gasteiger partial charge on any atom is 0.202 e. The molecule has 1 fully saturated rings. The summed E-state index contributed by atoms with van der Waals surface area (Å²) in [5, 5.41) is 13.9. The third kappa shape index (κ3) is 2.40. The van der Waals surface area contributed by atoms with Crippen LogP contribution in [0.3, 0.4) is 0 Å². The molecule has 0 unspecified atom stereocenters. The zero-order valence-electron chi connectivity index (χ0n) is 7.77. The molecule has 0 spiro atoms. The molecule has 0 amide bonds. The summed E-state index contributed by atoms with van der Waals surface area (Å²) in [7, 11) is 0. The lowest BCUT2D eigenvalue weighted by Crippen LogP contribution is -2.42. The molecule has 1 aromatic heterocycles. The van der Waals surface area contributed by atoms with Crippen LogP contribution in [0.25, 0.3) is 0 Å². The molecular formula is C8H13N3O2S. The zero-order valence-corrected chi connectivity index (χ0v) is 8.59. The largest absolute Gasteiger partial charge is 0.388 e. The van der Waals surface area contributed by atoms with Crippen LogP contribution in [0.1, 0.15) is 12.8 Å². The molecule has 0 aromatic carbocycles. The molecule has 0 bridgehead atoms. The first-order chi connectivity index (χ1) is 6.79. The molecule has 1 aromatic rings. The van der Waals surface area contributed by atoms with E-state index in [1.807, 2.05) is 0 Å². The average molecular weight is 215 g/mol. The van der Waals surface area contributed by atoms with Gasteiger partial charge in [0, 0.05) is 44.1 Å². The molecule has 2 N–H and O–H groups in total. The minimum atomic E-state index is -0.649. The minimum absolute atomic E-state index is 0.519. The van der Waals surface area contributed by atoms with E-state index in [1.165, 1.54) is 17.9 Å². The second-order valence-electron chi connectivity index (χ2n) is 3.44. The van der Waals surface area contributed by atoms with E-state index >= 15 is 0 Å². The summed E-state index contributed by atoms with van der Waals surface area (Å²) in [5.41, 5.74) is -0.649. The van der Waals surface area contributed by atoms with Crippen molar-refractivity contribution in [2.24, 2.45) is 0 Å². The van der Waals surface area contributed by atoms with E-state index in [0.29, 0.717) is 32.6 Å². The van der Waals surface area contributed by atoms with E-state index in [9.17, 15) is 5.11 Å². The van der Waals surface area contributed by atoms with E-state index in [1.54, 1.807) is 0 Å². The van der Waals surface area contributed by atoms with Crippen molar-refractivity contribution in [3.05, 3.63) is 6.33 Å². The Balaban J connectivity index is 1.84. The highest BCUT2D eigenvalue weighted by Gasteiger charge is 2.29. The van der Waals surface area contributed by atoms with Crippen molar-refractivity contribution in [2.75, 3.05) is 25.1 Å². The third-order valence-corrected chi connectivity index (χ3v) is 2.98. The van der Waals surface area contributed by atoms with Gasteiger partial charge in [0.2, 0.25) is 5.13 Å². The third-order valence-electron chi connectivity index (χ3n) is 2.35. The van der Waals surface area contributed by atoms with Crippen molar-refractivity contribution in [3.63, 3.8) is 0 Å². The van der Waals surface area contributed by atoms with Crippen LogP contribution in [0.4, 0.5) is 5.13 Å². The van der Waals surface area contributed by atoms with Crippen LogP contribution >= 0.6 is 11.5 Å². The normalized spacial score (nSPS) is 20.6. The van der Waals surface area contributed by atoms with E-state index in [2.05, 4.69) is 14.7 Å². The second-order valence-corrected chi connectivity index (χ2v) is 4.22. The molecule has 14 heavy (non-hydrogen) atoms. The summed E-state index contributed by atoms with van der Waals surface area (Å²) in [6, 6.07) is 0. The van der Waals surface area contributed by atoms with Gasteiger partial charge < -0.3 is 15.2 Å². The molecule has 6 heteroatoms. The Morgan fingerprint density at radius 1 is 1.57 bits per heavy atom. The summed E-state index contributed by atoms with van der Waals surface area (Å²) in [5.74, 6) is 0. The van der Waals surface area contributed by atoms with Gasteiger partial charge in [0.05, 0.1) is 5.60 Å². The fourth-order valence-corrected chi connectivity index (χ4v) is 1.84. The van der Waals surface area contributed by atoms with Gasteiger partial charge in [0.25, 0.3) is 0 Å². The Bertz CT molecular complexity index is 272. The summed E-state index contributed by atoms with van der Waals surface area (Å²) < 4.78 is 9.06. The molecule has 1 aliphatic heterocycles. The standard InChI is InChI=1S/C8H13N3O2S/c12-8(1-3-13-4-2-8)5-9-7-10-6-11-14-7/h6,12H,1-5H2,(H,9,10,11). The van der Waals surface area contributed by atoms with Gasteiger partial charge in [0.15, 0.2) is 0 Å². The molecule has 0 atom stereocenters. The summed E-state index contributed by atoms with van der Waals surface area (Å²) >= 11 is 1.30. The predicted octanol–water partition coefficient (Wildman–Crippen LogP) is 0.492. The average Bonchev–Trinajstić information content (AvgIpc) is 2.69. The number of anilines is 1. The summed E-state index contributed by atoms with van der Waals surface area (Å²) in [4.78, 5) is 3.99. The zero-order chi connectivity index (χ0) is 9.86. The fourth-order valence-electron chi connectivity index (χ4n) is 1.42. The van der Waals surface area contributed by atoms with Gasteiger partial charge in [-0.2, -0.15) is 4.37 Å². The SMILES string of the molecule is OC1(CNc2ncns2)CCOCC1. The van der Waals surface area contributed by atoms with Crippen molar-refractivity contribution in [1.82, 2.24) is 9.36 Å². The molecule has 78 valence electrons. The van der Waals surface area contributed by atoms with Crippen molar-refractivity contribution in [1.29, 1.82) is 0 Å². The lowest BCUT2D eigenvalue weighted by Gasteiger charge is -2.31. The second kappa shape index (κ2) is 4.20. The fraction of sp³-hybridized carbons (Fsp3) is 0.750. The first-order valence-corrected chi connectivity index (χ1v) is 5.37. The topological polar surface area (TPSA) is 67.3 Å². The first kappa shape index (κ1) is 9.82. The Labute approximate surface area is 86.3 Å². The molecule has 1 aliphatic rings. The highest BCUT2D eigenvalue weighted by Crippen LogP contribution is 2.21. The quantitative estimate of drug-likeness (QED) is 0.768. The number of nitrogens with zero attached hydrogens (tertiary/aromatic N) is 2. The molecular weight excluding hydrogens is 202 g/mol. The summed E-state index contributed by atoms with van der Waals surface area (Å²) in [6.45, 7) is 1.79. The van der Waals surface area contributed by atoms with Crippen LogP contribution in [0.2, 0.25) is 0 Å². The van der Waals surface area contributed by atoms with Crippen LogP contribution in [0.15, 0.2) is 6.33 Å². The smallest absolute Gasteiger partial charge is 0.202 e. The maximum atomic E-state index is 10.1. The molecule has 1 saturated heterocycles. The van der Waals surface area contributed by atoms with Gasteiger partial charge in [-0.15, -0.1) is 0 Å². The molecule has 0 radical (unpaired) electrons. The first-order valence-electron chi connectivity index (χ1n) is 4.59. The number of rotatable bonds is 3. The van der Waals surface area contributed by atoms with E-state index in [-0.39, 0.29) is 0 Å². The highest BCUT2D eigenvalue weighted by molar-refractivity contribution is 7.09. The van der Waals surface area contributed by atoms with Gasteiger partial charge in [-0.05, 0) is 0 Å². The number of ether oxygens (including phenoxy) is 1. The molecule has 0 aliphatic carbocycles. The van der Waals surface area contributed by atoms with Gasteiger partial charge >= 0.3 is 0 Å². The van der Waals surface area contributed by atoms with Crippen LogP contribution in [-0.2, 0) is 4.74 Å². The molecule has 0 saturated carbocycles. The van der Waals surface area contributed by atoms with Gasteiger partial charge in [-0.3, -0.25) is 0 Å². The van der Waals surface area contributed by atoms with E-state index in [4.69, 9.17) is 4.74 Å². The Hall–Kier alpha value is -0.720. The van der Waals surface area contributed by atoms with Crippen LogP contribution < -0.4 is 5.32 Å². The predicted molar refractivity (Wildman–Crippen MR) is 53.4 cm³/mol. The van der Waals surface area contributed by atoms with Crippen LogP contribution in [0, 0.1) is 0 Å². The molecule has 5 nitrogen and oxygen atoms in total. The van der Waals surface area contributed by atoms with Crippen molar-refractivity contribution in [2.45, 2.75) is 18.4 Å². The monoisotopic (exact) mass is 215 g/mol. The summed E-state index contributed by atoms with van der Waals surface area (Å²) in [6.07, 6.45) is 2.86. The van der Waals surface area contributed by atoms with Crippen LogP contribution in [0.5, 0.6) is 0 Å². The van der Waals surface area contributed by atoms with E-state index in [0.717, 1.165) is 5.13 Å². The number of hydrogen-bond donors (Lipinski definition) is 2. The molecule has 2 rings (SSSR count). The maximum absolute atomic E-state index is 10.1. The van der Waals surface area contributed by atoms with E-state index < -0.39 is 5.60 Å². The lowest BCUT2D eigenvalue weighted by molar-refractivity contribution is -0.0543. The van der Waals surface area contributed by atoms with Crippen LogP contribution in [-0.4, -0.2) is 39.8 Å². The Kier molecular flexibility index (Phi) is 2.95. The Morgan fingerprint density at radius 2 is 2.36 bits per heavy atom. The van der Waals surface area contributed by atoms with Crippen molar-refractivity contribution >= 4 is 16.7 Å². The van der Waals surface area contributed by atoms with Crippen molar-refractivity contribution < 1.29 is 9.84 Å². The number of hydrogen-bond acceptors (Lipinski definition) is 6. The van der Waals surface area contributed by atoms with Crippen molar-refractivity contribution in [3.8, 4) is 0 Å². The highest BCUT2D eigenvalue weighted by atomic mass is 32.1.